The summed E-state index contributed by atoms with van der Waals surface area (Å²) in [4.78, 5) is 4.41. The molecule has 2 atom stereocenters. The Bertz CT molecular complexity index is 565. The van der Waals surface area contributed by atoms with Gasteiger partial charge in [-0.2, -0.15) is 0 Å². The minimum atomic E-state index is 0.259. The molecule has 0 saturated heterocycles. The third-order valence-corrected chi connectivity index (χ3v) is 3.83. The van der Waals surface area contributed by atoms with E-state index in [0.717, 1.165) is 24.2 Å². The fourth-order valence-electron chi connectivity index (χ4n) is 2.83. The average molecular weight is 253 g/mol. The van der Waals surface area contributed by atoms with E-state index < -0.39 is 0 Å². The molecule has 0 fully saturated rings. The highest BCUT2D eigenvalue weighted by molar-refractivity contribution is 5.47. The summed E-state index contributed by atoms with van der Waals surface area (Å²) < 4.78 is 0. The first-order valence-electron chi connectivity index (χ1n) is 6.79. The van der Waals surface area contributed by atoms with Gasteiger partial charge in [0.05, 0.1) is 5.69 Å². The second-order valence-electron chi connectivity index (χ2n) is 5.19. The first kappa shape index (κ1) is 12.2. The van der Waals surface area contributed by atoms with E-state index in [1.165, 1.54) is 11.1 Å². The van der Waals surface area contributed by atoms with Crippen molar-refractivity contribution in [3.05, 3.63) is 59.4 Å². The number of nitrogens with zero attached hydrogens (tertiary/aromatic N) is 1. The lowest BCUT2D eigenvalue weighted by Crippen LogP contribution is -2.23. The SMILES string of the molecule is CC(NC1CCc2cc(N)ccc21)c1ccccn1. The Morgan fingerprint density at radius 3 is 3.00 bits per heavy atom. The predicted molar refractivity (Wildman–Crippen MR) is 77.7 cm³/mol. The highest BCUT2D eigenvalue weighted by Gasteiger charge is 2.24. The summed E-state index contributed by atoms with van der Waals surface area (Å²) >= 11 is 0. The molecule has 0 radical (unpaired) electrons. The van der Waals surface area contributed by atoms with Crippen LogP contribution in [0.4, 0.5) is 5.69 Å². The molecule has 1 aliphatic rings. The third-order valence-electron chi connectivity index (χ3n) is 3.83. The van der Waals surface area contributed by atoms with Crippen molar-refractivity contribution in [2.24, 2.45) is 0 Å². The van der Waals surface area contributed by atoms with Crippen molar-refractivity contribution >= 4 is 5.69 Å². The van der Waals surface area contributed by atoms with Gasteiger partial charge in [0.2, 0.25) is 0 Å². The first-order chi connectivity index (χ1) is 9.24. The van der Waals surface area contributed by atoms with Crippen LogP contribution in [0.3, 0.4) is 0 Å². The highest BCUT2D eigenvalue weighted by Crippen LogP contribution is 2.33. The number of hydrogen-bond acceptors (Lipinski definition) is 3. The van der Waals surface area contributed by atoms with Gasteiger partial charge in [-0.25, -0.2) is 0 Å². The summed E-state index contributed by atoms with van der Waals surface area (Å²) in [5.74, 6) is 0. The lowest BCUT2D eigenvalue weighted by Gasteiger charge is -2.20. The van der Waals surface area contributed by atoms with Gasteiger partial charge in [0.15, 0.2) is 0 Å². The fourth-order valence-corrected chi connectivity index (χ4v) is 2.83. The summed E-state index contributed by atoms with van der Waals surface area (Å²) in [6, 6.07) is 13.0. The Hall–Kier alpha value is -1.87. The molecular weight excluding hydrogens is 234 g/mol. The van der Waals surface area contributed by atoms with E-state index >= 15 is 0 Å². The minimum Gasteiger partial charge on any atom is -0.399 e. The number of nitrogens with two attached hydrogens (primary N) is 1. The molecule has 1 aromatic carbocycles. The summed E-state index contributed by atoms with van der Waals surface area (Å²) in [7, 11) is 0. The Morgan fingerprint density at radius 2 is 2.21 bits per heavy atom. The van der Waals surface area contributed by atoms with Gasteiger partial charge in [0.1, 0.15) is 0 Å². The normalized spacial score (nSPS) is 19.1. The molecule has 0 aliphatic heterocycles. The lowest BCUT2D eigenvalue weighted by atomic mass is 10.1. The van der Waals surface area contributed by atoms with Gasteiger partial charge in [0, 0.05) is 24.0 Å². The topological polar surface area (TPSA) is 50.9 Å². The number of nitrogen functional groups attached to an aromatic ring is 1. The van der Waals surface area contributed by atoms with Crippen LogP contribution < -0.4 is 11.1 Å². The molecule has 0 amide bonds. The molecular formula is C16H19N3. The Morgan fingerprint density at radius 1 is 1.32 bits per heavy atom. The van der Waals surface area contributed by atoms with Gasteiger partial charge in [0.25, 0.3) is 0 Å². The van der Waals surface area contributed by atoms with Gasteiger partial charge in [-0.3, -0.25) is 4.98 Å². The number of benzene rings is 1. The number of pyridine rings is 1. The molecule has 98 valence electrons. The monoisotopic (exact) mass is 253 g/mol. The van der Waals surface area contributed by atoms with Crippen LogP contribution in [-0.2, 0) is 6.42 Å². The second-order valence-corrected chi connectivity index (χ2v) is 5.19. The molecule has 0 bridgehead atoms. The summed E-state index contributed by atoms with van der Waals surface area (Å²) in [6.07, 6.45) is 4.08. The molecule has 2 aromatic rings. The zero-order valence-electron chi connectivity index (χ0n) is 11.1. The number of anilines is 1. The standard InChI is InChI=1S/C16H19N3/c1-11(15-4-2-3-9-18-15)19-16-8-5-12-10-13(17)6-7-14(12)16/h2-4,6-7,9-11,16,19H,5,8,17H2,1H3. The Kier molecular flexibility index (Phi) is 3.22. The zero-order chi connectivity index (χ0) is 13.2. The van der Waals surface area contributed by atoms with Crippen molar-refractivity contribution < 1.29 is 0 Å². The summed E-state index contributed by atoms with van der Waals surface area (Å²) in [5.41, 5.74) is 10.6. The van der Waals surface area contributed by atoms with E-state index in [-0.39, 0.29) is 6.04 Å². The fraction of sp³-hybridized carbons (Fsp3) is 0.312. The van der Waals surface area contributed by atoms with Gasteiger partial charge >= 0.3 is 0 Å². The molecule has 3 heteroatoms. The Labute approximate surface area is 113 Å². The largest absolute Gasteiger partial charge is 0.399 e. The van der Waals surface area contributed by atoms with Crippen LogP contribution in [0.1, 0.15) is 42.2 Å². The van der Waals surface area contributed by atoms with Crippen molar-refractivity contribution in [2.45, 2.75) is 31.8 Å². The lowest BCUT2D eigenvalue weighted by molar-refractivity contribution is 0.458. The molecule has 1 aromatic heterocycles. The molecule has 19 heavy (non-hydrogen) atoms. The van der Waals surface area contributed by atoms with Crippen molar-refractivity contribution in [3.8, 4) is 0 Å². The Balaban J connectivity index is 1.76. The van der Waals surface area contributed by atoms with Crippen molar-refractivity contribution in [2.75, 3.05) is 5.73 Å². The number of hydrogen-bond donors (Lipinski definition) is 2. The van der Waals surface area contributed by atoms with Crippen molar-refractivity contribution in [3.63, 3.8) is 0 Å². The average Bonchev–Trinajstić information content (AvgIpc) is 2.82. The molecule has 1 heterocycles. The quantitative estimate of drug-likeness (QED) is 0.827. The van der Waals surface area contributed by atoms with Crippen LogP contribution in [0.25, 0.3) is 0 Å². The number of aromatic nitrogens is 1. The van der Waals surface area contributed by atoms with Crippen LogP contribution >= 0.6 is 0 Å². The predicted octanol–water partition coefficient (Wildman–Crippen LogP) is 3.00. The van der Waals surface area contributed by atoms with Crippen LogP contribution in [0.15, 0.2) is 42.6 Å². The zero-order valence-corrected chi connectivity index (χ0v) is 11.1. The van der Waals surface area contributed by atoms with Crippen LogP contribution in [0, 0.1) is 0 Å². The molecule has 3 rings (SSSR count). The smallest absolute Gasteiger partial charge is 0.0570 e. The van der Waals surface area contributed by atoms with Crippen LogP contribution in [0.2, 0.25) is 0 Å². The van der Waals surface area contributed by atoms with E-state index in [1.54, 1.807) is 0 Å². The molecule has 3 N–H and O–H groups in total. The molecule has 1 aliphatic carbocycles. The van der Waals surface area contributed by atoms with Crippen LogP contribution in [0.5, 0.6) is 0 Å². The minimum absolute atomic E-state index is 0.259. The maximum Gasteiger partial charge on any atom is 0.0570 e. The van der Waals surface area contributed by atoms with Gasteiger partial charge in [-0.05, 0) is 55.2 Å². The molecule has 0 saturated carbocycles. The summed E-state index contributed by atoms with van der Waals surface area (Å²) in [6.45, 7) is 2.16. The second kappa shape index (κ2) is 5.02. The third kappa shape index (κ3) is 2.47. The molecule has 2 unspecified atom stereocenters. The molecule has 0 spiro atoms. The van der Waals surface area contributed by atoms with E-state index in [9.17, 15) is 0 Å². The first-order valence-corrected chi connectivity index (χ1v) is 6.79. The molecule has 3 nitrogen and oxygen atoms in total. The van der Waals surface area contributed by atoms with E-state index in [2.05, 4.69) is 35.4 Å². The van der Waals surface area contributed by atoms with E-state index in [4.69, 9.17) is 5.73 Å². The number of rotatable bonds is 3. The van der Waals surface area contributed by atoms with Gasteiger partial charge < -0.3 is 11.1 Å². The maximum absolute atomic E-state index is 5.84. The van der Waals surface area contributed by atoms with Gasteiger partial charge in [-0.15, -0.1) is 0 Å². The van der Waals surface area contributed by atoms with E-state index in [0.29, 0.717) is 6.04 Å². The highest BCUT2D eigenvalue weighted by atomic mass is 15.0. The van der Waals surface area contributed by atoms with E-state index in [1.807, 2.05) is 24.4 Å². The summed E-state index contributed by atoms with van der Waals surface area (Å²) in [5, 5.41) is 3.67. The number of aryl methyl sites for hydroxylation is 1. The van der Waals surface area contributed by atoms with Gasteiger partial charge in [-0.1, -0.05) is 12.1 Å². The maximum atomic E-state index is 5.84. The van der Waals surface area contributed by atoms with Crippen LogP contribution in [-0.4, -0.2) is 4.98 Å². The number of fused-ring (bicyclic) bond motifs is 1. The van der Waals surface area contributed by atoms with Crippen molar-refractivity contribution in [1.29, 1.82) is 0 Å². The number of nitrogens with one attached hydrogen (secondary N) is 1. The van der Waals surface area contributed by atoms with Crippen molar-refractivity contribution in [1.82, 2.24) is 10.3 Å².